The molecule has 1 aliphatic heterocycles. The first kappa shape index (κ1) is 21.2. The number of rotatable bonds is 7. The van der Waals surface area contributed by atoms with Gasteiger partial charge in [-0.2, -0.15) is 0 Å². The van der Waals surface area contributed by atoms with Crippen LogP contribution in [0.5, 0.6) is 0 Å². The minimum atomic E-state index is -3.02. The molecule has 28 heavy (non-hydrogen) atoms. The second kappa shape index (κ2) is 9.33. The number of hydrogen-bond acceptors (Lipinski definition) is 4. The van der Waals surface area contributed by atoms with E-state index in [4.69, 9.17) is 11.6 Å². The normalized spacial score (nSPS) is 19.3. The number of hydrogen-bond donors (Lipinski definition) is 0. The Hall–Kier alpha value is -1.50. The molecule has 0 bridgehead atoms. The van der Waals surface area contributed by atoms with Gasteiger partial charge in [0, 0.05) is 17.6 Å². The third-order valence-corrected chi connectivity index (χ3v) is 8.25. The highest BCUT2D eigenvalue weighted by atomic mass is 35.5. The molecule has 0 aromatic heterocycles. The summed E-state index contributed by atoms with van der Waals surface area (Å²) in [5, 5.41) is 0.685. The molecule has 2 unspecified atom stereocenters. The van der Waals surface area contributed by atoms with Crippen molar-refractivity contribution in [3.8, 4) is 0 Å². The quantitative estimate of drug-likeness (QED) is 0.651. The van der Waals surface area contributed by atoms with Gasteiger partial charge in [0.2, 0.25) is 5.91 Å². The summed E-state index contributed by atoms with van der Waals surface area (Å²) in [5.74, 6) is 0.541. The molecule has 4 nitrogen and oxygen atoms in total. The highest BCUT2D eigenvalue weighted by Crippen LogP contribution is 2.36. The molecule has 2 aromatic carbocycles. The lowest BCUT2D eigenvalue weighted by atomic mass is 10.0. The van der Waals surface area contributed by atoms with Crippen LogP contribution in [0, 0.1) is 0 Å². The first-order chi connectivity index (χ1) is 13.4. The number of amides is 1. The van der Waals surface area contributed by atoms with Crippen LogP contribution >= 0.6 is 23.4 Å². The van der Waals surface area contributed by atoms with Crippen LogP contribution in [0.15, 0.2) is 54.6 Å². The number of carbonyl (C=O) groups is 1. The van der Waals surface area contributed by atoms with Crippen molar-refractivity contribution in [2.75, 3.05) is 23.8 Å². The molecule has 150 valence electrons. The zero-order valence-electron chi connectivity index (χ0n) is 15.8. The summed E-state index contributed by atoms with van der Waals surface area (Å²) in [6.07, 6.45) is 0.534. The molecule has 1 fully saturated rings. The highest BCUT2D eigenvalue weighted by Gasteiger charge is 2.34. The predicted molar refractivity (Wildman–Crippen MR) is 117 cm³/mol. The Morgan fingerprint density at radius 2 is 1.79 bits per heavy atom. The van der Waals surface area contributed by atoms with Gasteiger partial charge in [0.25, 0.3) is 0 Å². The zero-order chi connectivity index (χ0) is 20.1. The lowest BCUT2D eigenvalue weighted by Crippen LogP contribution is -2.42. The summed E-state index contributed by atoms with van der Waals surface area (Å²) in [5.41, 5.74) is 2.20. The molecule has 3 rings (SSSR count). The number of thioether (sulfide) groups is 1. The van der Waals surface area contributed by atoms with Crippen molar-refractivity contribution < 1.29 is 13.2 Å². The van der Waals surface area contributed by atoms with Crippen molar-refractivity contribution >= 4 is 39.1 Å². The Kier molecular flexibility index (Phi) is 7.07. The summed E-state index contributed by atoms with van der Waals surface area (Å²) in [7, 11) is -3.02. The van der Waals surface area contributed by atoms with E-state index in [-0.39, 0.29) is 28.7 Å². The first-order valence-electron chi connectivity index (χ1n) is 9.31. The maximum absolute atomic E-state index is 12.9. The lowest BCUT2D eigenvalue weighted by molar-refractivity contribution is -0.129. The number of carbonyl (C=O) groups excluding carboxylic acids is 1. The van der Waals surface area contributed by atoms with E-state index in [9.17, 15) is 13.2 Å². The van der Waals surface area contributed by atoms with Gasteiger partial charge in [-0.25, -0.2) is 8.42 Å². The van der Waals surface area contributed by atoms with Gasteiger partial charge in [-0.3, -0.25) is 4.79 Å². The van der Waals surface area contributed by atoms with E-state index < -0.39 is 9.84 Å². The van der Waals surface area contributed by atoms with Crippen LogP contribution in [-0.4, -0.2) is 49.1 Å². The predicted octanol–water partition coefficient (Wildman–Crippen LogP) is 4.20. The van der Waals surface area contributed by atoms with Crippen molar-refractivity contribution in [2.24, 2.45) is 0 Å². The van der Waals surface area contributed by atoms with Crippen LogP contribution in [0.2, 0.25) is 5.02 Å². The number of benzene rings is 2. The average Bonchev–Trinajstić information content (AvgIpc) is 3.04. The lowest BCUT2D eigenvalue weighted by Gasteiger charge is -2.27. The molecule has 1 aliphatic rings. The molecule has 0 aliphatic carbocycles. The summed E-state index contributed by atoms with van der Waals surface area (Å²) in [6.45, 7) is 2.43. The smallest absolute Gasteiger partial charge is 0.232 e. The third-order valence-electron chi connectivity index (χ3n) is 4.96. The van der Waals surface area contributed by atoms with E-state index in [1.165, 1.54) is 0 Å². The zero-order valence-corrected chi connectivity index (χ0v) is 18.1. The monoisotopic (exact) mass is 437 g/mol. The van der Waals surface area contributed by atoms with Crippen LogP contribution in [0.4, 0.5) is 0 Å². The summed E-state index contributed by atoms with van der Waals surface area (Å²) >= 11 is 7.59. The number of halogens is 1. The Morgan fingerprint density at radius 1 is 1.14 bits per heavy atom. The van der Waals surface area contributed by atoms with Gasteiger partial charge in [-0.1, -0.05) is 54.1 Å². The van der Waals surface area contributed by atoms with Crippen LogP contribution in [-0.2, 0) is 14.6 Å². The van der Waals surface area contributed by atoms with E-state index in [2.05, 4.69) is 12.1 Å². The van der Waals surface area contributed by atoms with Crippen molar-refractivity contribution in [2.45, 2.75) is 24.6 Å². The van der Waals surface area contributed by atoms with Gasteiger partial charge in [-0.15, -0.1) is 11.8 Å². The van der Waals surface area contributed by atoms with Crippen molar-refractivity contribution in [1.29, 1.82) is 0 Å². The van der Waals surface area contributed by atoms with Gasteiger partial charge in [0.15, 0.2) is 9.84 Å². The van der Waals surface area contributed by atoms with Crippen LogP contribution in [0.3, 0.4) is 0 Å². The van der Waals surface area contributed by atoms with E-state index in [0.717, 1.165) is 11.1 Å². The fourth-order valence-corrected chi connectivity index (χ4v) is 6.58. The molecule has 2 atom stereocenters. The van der Waals surface area contributed by atoms with Crippen LogP contribution < -0.4 is 0 Å². The summed E-state index contributed by atoms with van der Waals surface area (Å²) in [6, 6.07) is 17.5. The van der Waals surface area contributed by atoms with Gasteiger partial charge >= 0.3 is 0 Å². The van der Waals surface area contributed by atoms with E-state index >= 15 is 0 Å². The van der Waals surface area contributed by atoms with Gasteiger partial charge < -0.3 is 4.90 Å². The fourth-order valence-electron chi connectivity index (χ4n) is 3.55. The van der Waals surface area contributed by atoms with Gasteiger partial charge in [-0.05, 0) is 36.6 Å². The van der Waals surface area contributed by atoms with Gasteiger partial charge in [0.05, 0.1) is 22.5 Å². The van der Waals surface area contributed by atoms with E-state index in [1.807, 2.05) is 49.4 Å². The van der Waals surface area contributed by atoms with Crippen LogP contribution in [0.1, 0.15) is 29.7 Å². The molecule has 0 N–H and O–H groups in total. The van der Waals surface area contributed by atoms with E-state index in [1.54, 1.807) is 16.7 Å². The summed E-state index contributed by atoms with van der Waals surface area (Å²) < 4.78 is 23.6. The second-order valence-electron chi connectivity index (χ2n) is 6.89. The number of nitrogens with zero attached hydrogens (tertiary/aromatic N) is 1. The largest absolute Gasteiger partial charge is 0.338 e. The molecule has 7 heteroatoms. The van der Waals surface area contributed by atoms with Crippen molar-refractivity contribution in [1.82, 2.24) is 4.90 Å². The molecular weight excluding hydrogens is 414 g/mol. The molecule has 1 saturated heterocycles. The molecular formula is C21H24ClNO3S2. The second-order valence-corrected chi connectivity index (χ2v) is 10.6. The minimum absolute atomic E-state index is 0.00781. The minimum Gasteiger partial charge on any atom is -0.338 e. The Morgan fingerprint density at radius 3 is 2.36 bits per heavy atom. The molecule has 1 amide bonds. The topological polar surface area (TPSA) is 54.5 Å². The first-order valence-corrected chi connectivity index (χ1v) is 12.6. The van der Waals surface area contributed by atoms with Gasteiger partial charge in [0.1, 0.15) is 0 Å². The Balaban J connectivity index is 1.74. The fraction of sp³-hybridized carbons (Fsp3) is 0.381. The molecule has 0 saturated carbocycles. The van der Waals surface area contributed by atoms with Crippen molar-refractivity contribution in [3.05, 3.63) is 70.7 Å². The maximum atomic E-state index is 12.9. The van der Waals surface area contributed by atoms with Crippen molar-refractivity contribution in [3.63, 3.8) is 0 Å². The maximum Gasteiger partial charge on any atom is 0.232 e. The number of sulfone groups is 1. The Bertz CT molecular complexity index is 901. The van der Waals surface area contributed by atoms with Crippen LogP contribution in [0.25, 0.3) is 0 Å². The SMILES string of the molecule is CCN(C(=O)CSC(c1ccccc1)c1ccc(Cl)cc1)C1CCS(=O)(=O)C1. The summed E-state index contributed by atoms with van der Waals surface area (Å²) in [4.78, 5) is 14.6. The standard InChI is InChI=1S/C21H24ClNO3S2/c1-2-23(19-12-13-28(25,26)15-19)20(24)14-27-21(16-6-4-3-5-7-16)17-8-10-18(22)11-9-17/h3-11,19,21H,2,12-15H2,1H3. The highest BCUT2D eigenvalue weighted by molar-refractivity contribution is 8.00. The molecule has 0 spiro atoms. The molecule has 1 heterocycles. The average molecular weight is 438 g/mol. The molecule has 0 radical (unpaired) electrons. The Labute approximate surface area is 176 Å². The van der Waals surface area contributed by atoms with E-state index in [0.29, 0.717) is 23.7 Å². The molecule has 2 aromatic rings. The third kappa shape index (κ3) is 5.31.